The molecule has 6 fully saturated rings. The Hall–Kier alpha value is -0.160. The fourth-order valence-corrected chi connectivity index (χ4v) is 12.1. The van der Waals surface area contributed by atoms with Crippen LogP contribution in [0.15, 0.2) is 0 Å². The molecule has 34 heavy (non-hydrogen) atoms. The van der Waals surface area contributed by atoms with Gasteiger partial charge in [-0.3, -0.25) is 0 Å². The smallest absolute Gasteiger partial charge is 0.0865 e. The molecular formula is C30H50O4. The maximum Gasteiger partial charge on any atom is 0.0865 e. The molecule has 1 saturated heterocycles. The molecular weight excluding hydrogens is 424 g/mol. The summed E-state index contributed by atoms with van der Waals surface area (Å²) in [7, 11) is 0. The molecule has 4 heteroatoms. The van der Waals surface area contributed by atoms with Gasteiger partial charge in [-0.05, 0) is 124 Å². The van der Waals surface area contributed by atoms with E-state index in [1.165, 1.54) is 38.5 Å². The minimum Gasteiger partial charge on any atom is -0.393 e. The van der Waals surface area contributed by atoms with Gasteiger partial charge >= 0.3 is 0 Å². The van der Waals surface area contributed by atoms with Crippen LogP contribution in [0.4, 0.5) is 0 Å². The van der Waals surface area contributed by atoms with Crippen molar-refractivity contribution in [3.05, 3.63) is 0 Å². The summed E-state index contributed by atoms with van der Waals surface area (Å²) in [5, 5.41) is 33.3. The van der Waals surface area contributed by atoms with E-state index < -0.39 is 5.60 Å². The molecule has 4 nitrogen and oxygen atoms in total. The molecule has 11 atom stereocenters. The van der Waals surface area contributed by atoms with Crippen LogP contribution in [0.1, 0.15) is 113 Å². The quantitative estimate of drug-likeness (QED) is 0.497. The lowest BCUT2D eigenvalue weighted by atomic mass is 9.41. The largest absolute Gasteiger partial charge is 0.393 e. The number of aliphatic hydroxyl groups is 3. The van der Waals surface area contributed by atoms with E-state index >= 15 is 0 Å². The van der Waals surface area contributed by atoms with E-state index in [0.29, 0.717) is 22.7 Å². The van der Waals surface area contributed by atoms with Crippen LogP contribution in [0.25, 0.3) is 0 Å². The van der Waals surface area contributed by atoms with Gasteiger partial charge < -0.3 is 20.1 Å². The molecule has 0 aromatic rings. The first-order valence-electron chi connectivity index (χ1n) is 14.3. The van der Waals surface area contributed by atoms with Gasteiger partial charge in [-0.25, -0.2) is 0 Å². The highest BCUT2D eigenvalue weighted by molar-refractivity contribution is 5.31. The van der Waals surface area contributed by atoms with Gasteiger partial charge in [0.25, 0.3) is 0 Å². The van der Waals surface area contributed by atoms with Crippen LogP contribution in [0.2, 0.25) is 0 Å². The van der Waals surface area contributed by atoms with E-state index in [4.69, 9.17) is 4.74 Å². The third-order valence-electron chi connectivity index (χ3n) is 13.8. The summed E-state index contributed by atoms with van der Waals surface area (Å²) < 4.78 is 6.68. The molecule has 0 aromatic carbocycles. The van der Waals surface area contributed by atoms with Gasteiger partial charge in [0, 0.05) is 5.92 Å². The Morgan fingerprint density at radius 1 is 0.765 bits per heavy atom. The van der Waals surface area contributed by atoms with Crippen molar-refractivity contribution in [1.82, 2.24) is 0 Å². The standard InChI is InChI=1S/C30H50O4/c1-24(2)19-8-9-20-27(6)16-18(31)23(28(7)12-11-22(34-28)25(3,4)33)26(27,5)14-15-30(20)17-29(19,30)13-10-21(24)32/h18-23,31-33H,8-17H2,1-7H3/t18?,19?,20?,21?,22-,23?,26?,27-,28?,29?,30?/m0/s1. The first-order valence-corrected chi connectivity index (χ1v) is 14.3. The van der Waals surface area contributed by atoms with Gasteiger partial charge in [0.05, 0.1) is 29.5 Å². The number of ether oxygens (including phenoxy) is 1. The first-order chi connectivity index (χ1) is 15.6. The lowest BCUT2D eigenvalue weighted by molar-refractivity contribution is -0.195. The van der Waals surface area contributed by atoms with Crippen molar-refractivity contribution in [2.45, 2.75) is 142 Å². The zero-order valence-corrected chi connectivity index (χ0v) is 22.8. The summed E-state index contributed by atoms with van der Waals surface area (Å²) in [5.74, 6) is 1.42. The molecule has 6 rings (SSSR count). The maximum atomic E-state index is 11.7. The van der Waals surface area contributed by atoms with E-state index in [0.717, 1.165) is 25.7 Å². The minimum absolute atomic E-state index is 0.0172. The number of aliphatic hydroxyl groups excluding tert-OH is 2. The topological polar surface area (TPSA) is 69.9 Å². The van der Waals surface area contributed by atoms with Gasteiger partial charge in [0.15, 0.2) is 0 Å². The third kappa shape index (κ3) is 2.60. The van der Waals surface area contributed by atoms with E-state index in [1.54, 1.807) is 0 Å². The van der Waals surface area contributed by atoms with Crippen molar-refractivity contribution in [1.29, 1.82) is 0 Å². The summed E-state index contributed by atoms with van der Waals surface area (Å²) in [6.07, 6.45) is 10.5. The van der Waals surface area contributed by atoms with Crippen molar-refractivity contribution in [3.63, 3.8) is 0 Å². The molecule has 0 radical (unpaired) electrons. The SMILES string of the molecule is CC1(C2C(O)C[C@@]3(C)C4CCC5C(C)(C)C(O)CCC56CC46CCC23C)CC[C@@H](C(C)(C)O)O1. The zero-order valence-electron chi connectivity index (χ0n) is 22.8. The molecule has 5 aliphatic carbocycles. The molecule has 9 unspecified atom stereocenters. The Bertz CT molecular complexity index is 878. The Morgan fingerprint density at radius 2 is 1.41 bits per heavy atom. The summed E-state index contributed by atoms with van der Waals surface area (Å²) in [5.41, 5.74) is -0.205. The molecule has 2 spiro atoms. The summed E-state index contributed by atoms with van der Waals surface area (Å²) in [6, 6.07) is 0. The zero-order chi connectivity index (χ0) is 24.7. The average Bonchev–Trinajstić information content (AvgIpc) is 3.11. The molecule has 3 N–H and O–H groups in total. The Balaban J connectivity index is 1.34. The molecule has 0 bridgehead atoms. The summed E-state index contributed by atoms with van der Waals surface area (Å²) >= 11 is 0. The van der Waals surface area contributed by atoms with Crippen LogP contribution in [0.5, 0.6) is 0 Å². The van der Waals surface area contributed by atoms with E-state index in [9.17, 15) is 15.3 Å². The fraction of sp³-hybridized carbons (Fsp3) is 1.00. The van der Waals surface area contributed by atoms with E-state index in [1.807, 2.05) is 13.8 Å². The van der Waals surface area contributed by atoms with Gasteiger partial charge in [0.2, 0.25) is 0 Å². The predicted octanol–water partition coefficient (Wildman–Crippen LogP) is 5.47. The molecule has 6 aliphatic rings. The van der Waals surface area contributed by atoms with Crippen molar-refractivity contribution in [3.8, 4) is 0 Å². The highest BCUT2D eigenvalue weighted by Crippen LogP contribution is 2.89. The minimum atomic E-state index is -0.848. The molecule has 0 aromatic heterocycles. The lowest BCUT2D eigenvalue weighted by Gasteiger charge is -2.63. The second-order valence-electron chi connectivity index (χ2n) is 15.7. The van der Waals surface area contributed by atoms with Gasteiger partial charge in [-0.2, -0.15) is 0 Å². The number of hydrogen-bond donors (Lipinski definition) is 3. The number of fused-ring (bicyclic) bond motifs is 2. The second-order valence-corrected chi connectivity index (χ2v) is 15.7. The number of rotatable bonds is 2. The molecule has 1 aliphatic heterocycles. The molecule has 5 saturated carbocycles. The highest BCUT2D eigenvalue weighted by atomic mass is 16.5. The van der Waals surface area contributed by atoms with E-state index in [2.05, 4.69) is 34.6 Å². The molecule has 1 heterocycles. The Kier molecular flexibility index (Phi) is 4.72. The van der Waals surface area contributed by atoms with Crippen molar-refractivity contribution >= 4 is 0 Å². The van der Waals surface area contributed by atoms with Crippen molar-refractivity contribution < 1.29 is 20.1 Å². The maximum absolute atomic E-state index is 11.7. The van der Waals surface area contributed by atoms with Crippen LogP contribution in [-0.4, -0.2) is 44.8 Å². The fourth-order valence-electron chi connectivity index (χ4n) is 12.1. The second kappa shape index (κ2) is 6.63. The monoisotopic (exact) mass is 474 g/mol. The van der Waals surface area contributed by atoms with Crippen LogP contribution in [0, 0.1) is 44.8 Å². The highest BCUT2D eigenvalue weighted by Gasteiger charge is 2.83. The van der Waals surface area contributed by atoms with Crippen molar-refractivity contribution in [2.75, 3.05) is 0 Å². The predicted molar refractivity (Wildman–Crippen MR) is 133 cm³/mol. The Labute approximate surface area is 207 Å². The van der Waals surface area contributed by atoms with Crippen LogP contribution in [-0.2, 0) is 4.74 Å². The summed E-state index contributed by atoms with van der Waals surface area (Å²) in [6.45, 7) is 15.6. The van der Waals surface area contributed by atoms with E-state index in [-0.39, 0.29) is 46.1 Å². The Morgan fingerprint density at radius 3 is 2.06 bits per heavy atom. The van der Waals surface area contributed by atoms with Gasteiger partial charge in [-0.15, -0.1) is 0 Å². The van der Waals surface area contributed by atoms with Crippen LogP contribution in [0.3, 0.4) is 0 Å². The van der Waals surface area contributed by atoms with Crippen LogP contribution >= 0.6 is 0 Å². The normalized spacial score (nSPS) is 60.2. The van der Waals surface area contributed by atoms with Gasteiger partial charge in [0.1, 0.15) is 0 Å². The average molecular weight is 475 g/mol. The first kappa shape index (κ1) is 24.2. The third-order valence-corrected chi connectivity index (χ3v) is 13.8. The van der Waals surface area contributed by atoms with Crippen molar-refractivity contribution in [2.24, 2.45) is 44.8 Å². The van der Waals surface area contributed by atoms with Crippen LogP contribution < -0.4 is 0 Å². The summed E-state index contributed by atoms with van der Waals surface area (Å²) in [4.78, 5) is 0. The molecule has 0 amide bonds. The number of hydrogen-bond acceptors (Lipinski definition) is 4. The van der Waals surface area contributed by atoms with Gasteiger partial charge in [-0.1, -0.05) is 27.7 Å². The molecule has 194 valence electrons. The lowest BCUT2D eigenvalue weighted by Crippen LogP contribution is -2.59.